The van der Waals surface area contributed by atoms with Gasteiger partial charge in [-0.25, -0.2) is 0 Å². The van der Waals surface area contributed by atoms with Gasteiger partial charge in [0.25, 0.3) is 0 Å². The molecule has 0 N–H and O–H groups in total. The molecule has 0 nitrogen and oxygen atoms in total. The monoisotopic (exact) mass is 352 g/mol. The summed E-state index contributed by atoms with van der Waals surface area (Å²) < 4.78 is 29.6. The summed E-state index contributed by atoms with van der Waals surface area (Å²) in [5, 5.41) is 2.69. The summed E-state index contributed by atoms with van der Waals surface area (Å²) in [5.74, 6) is 0. The molecule has 20 heavy (non-hydrogen) atoms. The first-order chi connectivity index (χ1) is 9.58. The van der Waals surface area contributed by atoms with Gasteiger partial charge in [0.1, 0.15) is 0 Å². The van der Waals surface area contributed by atoms with Crippen LogP contribution >= 0.6 is 0 Å². The average Bonchev–Trinajstić information content (AvgIpc) is 2.79. The molecule has 0 aliphatic rings. The molecule has 0 aliphatic heterocycles. The fraction of sp³-hybridized carbons (Fsp3) is 0.0625. The van der Waals surface area contributed by atoms with Crippen LogP contribution in [0.3, 0.4) is 0 Å². The number of hydrogen-bond donors (Lipinski definition) is 0. The standard InChI is InChI=1S/C16H13.3FH.Zr/c1-12-10-14-8-5-9-15(16(14)11-12)13-6-3-2-4-7-13;;;;/h2-11H,1H3;3*1H;/q-1;;;;+3/p-3. The molecule has 3 aromatic rings. The Bertz CT molecular complexity index is 672. The third-order valence-electron chi connectivity index (χ3n) is 2.98. The quantitative estimate of drug-likeness (QED) is 0.486. The van der Waals surface area contributed by atoms with Crippen LogP contribution in [0, 0.1) is 6.92 Å². The number of fused-ring (bicyclic) bond motifs is 1. The Morgan fingerprint density at radius 3 is 2.20 bits per heavy atom. The second-order valence-corrected chi connectivity index (χ2v) is 5.47. The molecule has 0 fully saturated rings. The van der Waals surface area contributed by atoms with Gasteiger partial charge in [0.15, 0.2) is 0 Å². The predicted molar refractivity (Wildman–Crippen MR) is 73.0 cm³/mol. The minimum atomic E-state index is -5.04. The SMILES string of the molecule is Cc1cc2c(-c3ccccc3)cccc2[cH-]1.[F][Zr]([F])[F]. The number of benzene rings is 2. The maximum atomic E-state index is 9.86. The van der Waals surface area contributed by atoms with Crippen molar-refractivity contribution in [1.29, 1.82) is 0 Å². The normalized spacial score (nSPS) is 10.0. The summed E-state index contributed by atoms with van der Waals surface area (Å²) in [6.07, 6.45) is 0. The van der Waals surface area contributed by atoms with Gasteiger partial charge < -0.3 is 0 Å². The molecule has 0 unspecified atom stereocenters. The van der Waals surface area contributed by atoms with E-state index in [-0.39, 0.29) is 0 Å². The van der Waals surface area contributed by atoms with Crippen LogP contribution in [0.4, 0.5) is 7.88 Å². The van der Waals surface area contributed by atoms with E-state index in [1.807, 2.05) is 0 Å². The van der Waals surface area contributed by atoms with Crippen LogP contribution in [0.5, 0.6) is 0 Å². The van der Waals surface area contributed by atoms with Crippen LogP contribution in [-0.4, -0.2) is 0 Å². The molecule has 0 saturated carbocycles. The molecule has 103 valence electrons. The second-order valence-electron chi connectivity index (χ2n) is 4.42. The van der Waals surface area contributed by atoms with Crippen molar-refractivity contribution in [3.05, 3.63) is 66.2 Å². The molecule has 0 aliphatic carbocycles. The summed E-state index contributed by atoms with van der Waals surface area (Å²) in [7, 11) is 0. The van der Waals surface area contributed by atoms with Crippen molar-refractivity contribution in [1.82, 2.24) is 0 Å². The fourth-order valence-corrected chi connectivity index (χ4v) is 2.25. The number of hydrogen-bond acceptors (Lipinski definition) is 0. The maximum absolute atomic E-state index is 9.86. The third-order valence-corrected chi connectivity index (χ3v) is 2.98. The van der Waals surface area contributed by atoms with E-state index in [0.29, 0.717) is 0 Å². The molecule has 4 heteroatoms. The first-order valence-electron chi connectivity index (χ1n) is 6.13. The minimum absolute atomic E-state index is 1.29. The summed E-state index contributed by atoms with van der Waals surface area (Å²) in [5.41, 5.74) is 3.95. The van der Waals surface area contributed by atoms with E-state index in [0.717, 1.165) is 0 Å². The van der Waals surface area contributed by atoms with E-state index in [1.54, 1.807) is 0 Å². The molecular weight excluding hydrogens is 340 g/mol. The van der Waals surface area contributed by atoms with Crippen molar-refractivity contribution in [3.63, 3.8) is 0 Å². The van der Waals surface area contributed by atoms with E-state index in [2.05, 4.69) is 67.6 Å². The molecule has 0 saturated heterocycles. The van der Waals surface area contributed by atoms with Crippen molar-refractivity contribution in [2.24, 2.45) is 0 Å². The molecule has 0 bridgehead atoms. The van der Waals surface area contributed by atoms with Gasteiger partial charge in [0, 0.05) is 0 Å². The van der Waals surface area contributed by atoms with Gasteiger partial charge >= 0.3 is 31.5 Å². The van der Waals surface area contributed by atoms with E-state index in [4.69, 9.17) is 0 Å². The summed E-state index contributed by atoms with van der Waals surface area (Å²) >= 11 is -5.04. The van der Waals surface area contributed by atoms with Crippen molar-refractivity contribution in [2.45, 2.75) is 6.92 Å². The van der Waals surface area contributed by atoms with Gasteiger partial charge in [-0.15, -0.1) is 34.5 Å². The zero-order valence-corrected chi connectivity index (χ0v) is 13.4. The van der Waals surface area contributed by atoms with E-state index in [9.17, 15) is 7.88 Å². The summed E-state index contributed by atoms with van der Waals surface area (Å²) in [6, 6.07) is 21.6. The first-order valence-corrected chi connectivity index (χ1v) is 8.91. The first kappa shape index (κ1) is 15.1. The molecule has 3 rings (SSSR count). The van der Waals surface area contributed by atoms with Crippen molar-refractivity contribution >= 4 is 10.8 Å². The van der Waals surface area contributed by atoms with E-state index in [1.165, 1.54) is 27.5 Å². The Morgan fingerprint density at radius 2 is 1.55 bits per heavy atom. The van der Waals surface area contributed by atoms with Gasteiger partial charge in [0.05, 0.1) is 0 Å². The molecule has 0 spiro atoms. The van der Waals surface area contributed by atoms with Crippen LogP contribution in [-0.2, 0) is 23.6 Å². The average molecular weight is 353 g/mol. The third kappa shape index (κ3) is 3.86. The van der Waals surface area contributed by atoms with Crippen LogP contribution in [0.2, 0.25) is 0 Å². The Hall–Kier alpha value is -1.28. The molecule has 0 aromatic heterocycles. The van der Waals surface area contributed by atoms with Gasteiger partial charge in [0.2, 0.25) is 0 Å². The summed E-state index contributed by atoms with van der Waals surface area (Å²) in [6.45, 7) is 2.15. The van der Waals surface area contributed by atoms with Gasteiger partial charge in [-0.3, -0.25) is 0 Å². The Balaban J connectivity index is 0.000000328. The number of halogens is 3. The second kappa shape index (κ2) is 6.94. The van der Waals surface area contributed by atoms with Crippen molar-refractivity contribution in [3.8, 4) is 11.1 Å². The molecular formula is C16H13F3Zr-. The fourth-order valence-electron chi connectivity index (χ4n) is 2.25. The van der Waals surface area contributed by atoms with E-state index < -0.39 is 23.6 Å². The zero-order chi connectivity index (χ0) is 14.5. The van der Waals surface area contributed by atoms with Crippen LogP contribution < -0.4 is 0 Å². The molecule has 0 amide bonds. The van der Waals surface area contributed by atoms with Gasteiger partial charge in [-0.05, 0) is 5.56 Å². The molecule has 0 atom stereocenters. The number of aryl methyl sites for hydroxylation is 1. The van der Waals surface area contributed by atoms with Crippen LogP contribution in [0.1, 0.15) is 5.56 Å². The van der Waals surface area contributed by atoms with E-state index >= 15 is 0 Å². The van der Waals surface area contributed by atoms with Gasteiger partial charge in [-0.1, -0.05) is 48.9 Å². The van der Waals surface area contributed by atoms with Gasteiger partial charge in [-0.2, -0.15) is 6.07 Å². The van der Waals surface area contributed by atoms with Crippen LogP contribution in [0.15, 0.2) is 60.7 Å². The summed E-state index contributed by atoms with van der Waals surface area (Å²) in [4.78, 5) is 0. The Kier molecular flexibility index (Phi) is 5.25. The zero-order valence-electron chi connectivity index (χ0n) is 10.9. The van der Waals surface area contributed by atoms with Crippen molar-refractivity contribution < 1.29 is 31.5 Å². The number of rotatable bonds is 1. The molecule has 3 aromatic carbocycles. The Labute approximate surface area is 126 Å². The molecule has 0 heterocycles. The molecule has 0 radical (unpaired) electrons. The topological polar surface area (TPSA) is 0 Å². The predicted octanol–water partition coefficient (Wildman–Crippen LogP) is 5.79. The Morgan fingerprint density at radius 1 is 0.900 bits per heavy atom. The van der Waals surface area contributed by atoms with Crippen LogP contribution in [0.25, 0.3) is 21.9 Å². The van der Waals surface area contributed by atoms with Crippen molar-refractivity contribution in [2.75, 3.05) is 0 Å².